The Kier molecular flexibility index (Phi) is 3.76. The van der Waals surface area contributed by atoms with Crippen LogP contribution in [-0.4, -0.2) is 6.04 Å². The lowest BCUT2D eigenvalue weighted by Gasteiger charge is -2.32. The van der Waals surface area contributed by atoms with E-state index in [2.05, 4.69) is 46.4 Å². The summed E-state index contributed by atoms with van der Waals surface area (Å²) in [6, 6.07) is 8.11. The van der Waals surface area contributed by atoms with Crippen LogP contribution in [0.4, 0.5) is 0 Å². The second-order valence-electron chi connectivity index (χ2n) is 5.97. The van der Waals surface area contributed by atoms with Gasteiger partial charge in [0.25, 0.3) is 0 Å². The molecule has 3 atom stereocenters. The Morgan fingerprint density at radius 2 is 2.00 bits per heavy atom. The summed E-state index contributed by atoms with van der Waals surface area (Å²) in [7, 11) is 0. The van der Waals surface area contributed by atoms with Crippen LogP contribution in [0.1, 0.15) is 56.2 Å². The van der Waals surface area contributed by atoms with Crippen molar-refractivity contribution in [1.82, 2.24) is 5.32 Å². The molecule has 0 aliphatic heterocycles. The van der Waals surface area contributed by atoms with E-state index in [4.69, 9.17) is 0 Å². The van der Waals surface area contributed by atoms with Gasteiger partial charge in [-0.2, -0.15) is 0 Å². The first-order chi connectivity index (χ1) is 8.74. The zero-order valence-corrected chi connectivity index (χ0v) is 12.7. The Balaban J connectivity index is 1.72. The number of nitrogens with one attached hydrogen (secondary N) is 1. The minimum absolute atomic E-state index is 0.596. The summed E-state index contributed by atoms with van der Waals surface area (Å²) >= 11 is 3.57. The van der Waals surface area contributed by atoms with E-state index in [1.165, 1.54) is 54.1 Å². The van der Waals surface area contributed by atoms with E-state index in [0.717, 1.165) is 12.0 Å². The van der Waals surface area contributed by atoms with Crippen LogP contribution in [0.15, 0.2) is 22.7 Å². The molecule has 2 heteroatoms. The van der Waals surface area contributed by atoms with Crippen molar-refractivity contribution in [2.24, 2.45) is 5.92 Å². The lowest BCUT2D eigenvalue weighted by atomic mass is 9.85. The molecule has 0 radical (unpaired) electrons. The van der Waals surface area contributed by atoms with Gasteiger partial charge in [0.1, 0.15) is 0 Å². The SMILES string of the molecule is CC1CCCCC1NC1CCc2cc(Br)ccc21. The molecule has 1 saturated carbocycles. The highest BCUT2D eigenvalue weighted by atomic mass is 79.9. The molecular formula is C16H22BrN. The van der Waals surface area contributed by atoms with Crippen LogP contribution in [0.3, 0.4) is 0 Å². The summed E-state index contributed by atoms with van der Waals surface area (Å²) in [5, 5.41) is 3.93. The van der Waals surface area contributed by atoms with Gasteiger partial charge in [-0.3, -0.25) is 0 Å². The van der Waals surface area contributed by atoms with E-state index in [9.17, 15) is 0 Å². The normalized spacial score (nSPS) is 31.3. The second kappa shape index (κ2) is 5.34. The van der Waals surface area contributed by atoms with Crippen molar-refractivity contribution in [3.8, 4) is 0 Å². The zero-order valence-electron chi connectivity index (χ0n) is 11.1. The maximum absolute atomic E-state index is 3.93. The molecule has 0 aromatic heterocycles. The Labute approximate surface area is 118 Å². The van der Waals surface area contributed by atoms with Crippen LogP contribution in [0.5, 0.6) is 0 Å². The minimum Gasteiger partial charge on any atom is -0.307 e. The standard InChI is InChI=1S/C16H22BrN/c1-11-4-2-3-5-15(11)18-16-9-6-12-10-13(17)7-8-14(12)16/h7-8,10-11,15-16,18H,2-6,9H2,1H3. The van der Waals surface area contributed by atoms with Crippen molar-refractivity contribution in [2.75, 3.05) is 0 Å². The van der Waals surface area contributed by atoms with Gasteiger partial charge in [-0.05, 0) is 54.9 Å². The van der Waals surface area contributed by atoms with Crippen LogP contribution < -0.4 is 5.32 Å². The molecule has 1 aromatic carbocycles. The van der Waals surface area contributed by atoms with Crippen molar-refractivity contribution < 1.29 is 0 Å². The van der Waals surface area contributed by atoms with Gasteiger partial charge in [-0.25, -0.2) is 0 Å². The third-order valence-corrected chi connectivity index (χ3v) is 5.20. The van der Waals surface area contributed by atoms with Crippen molar-refractivity contribution >= 4 is 15.9 Å². The molecule has 98 valence electrons. The Morgan fingerprint density at radius 1 is 1.17 bits per heavy atom. The van der Waals surface area contributed by atoms with Crippen LogP contribution in [0.2, 0.25) is 0 Å². The monoisotopic (exact) mass is 307 g/mol. The van der Waals surface area contributed by atoms with E-state index in [-0.39, 0.29) is 0 Å². The molecule has 0 amide bonds. The molecule has 0 bridgehead atoms. The molecule has 1 N–H and O–H groups in total. The van der Waals surface area contributed by atoms with Crippen molar-refractivity contribution in [2.45, 2.75) is 57.5 Å². The highest BCUT2D eigenvalue weighted by molar-refractivity contribution is 9.10. The van der Waals surface area contributed by atoms with Crippen molar-refractivity contribution in [1.29, 1.82) is 0 Å². The fourth-order valence-electron chi connectivity index (χ4n) is 3.58. The molecule has 18 heavy (non-hydrogen) atoms. The molecule has 2 aliphatic rings. The number of aryl methyl sites for hydroxylation is 1. The topological polar surface area (TPSA) is 12.0 Å². The third-order valence-electron chi connectivity index (χ3n) is 4.71. The fraction of sp³-hybridized carbons (Fsp3) is 0.625. The second-order valence-corrected chi connectivity index (χ2v) is 6.88. The van der Waals surface area contributed by atoms with Gasteiger partial charge in [0, 0.05) is 16.6 Å². The Bertz CT molecular complexity index is 429. The van der Waals surface area contributed by atoms with Crippen LogP contribution in [0, 0.1) is 5.92 Å². The first-order valence-corrected chi connectivity index (χ1v) is 8.08. The average molecular weight is 308 g/mol. The van der Waals surface area contributed by atoms with Crippen molar-refractivity contribution in [3.63, 3.8) is 0 Å². The van der Waals surface area contributed by atoms with Gasteiger partial charge in [0.15, 0.2) is 0 Å². The number of rotatable bonds is 2. The van der Waals surface area contributed by atoms with Gasteiger partial charge in [-0.15, -0.1) is 0 Å². The highest BCUT2D eigenvalue weighted by Crippen LogP contribution is 2.35. The lowest BCUT2D eigenvalue weighted by Crippen LogP contribution is -2.38. The number of benzene rings is 1. The van der Waals surface area contributed by atoms with E-state index in [0.29, 0.717) is 6.04 Å². The lowest BCUT2D eigenvalue weighted by molar-refractivity contribution is 0.258. The van der Waals surface area contributed by atoms with Crippen molar-refractivity contribution in [3.05, 3.63) is 33.8 Å². The maximum atomic E-state index is 3.93. The fourth-order valence-corrected chi connectivity index (χ4v) is 3.99. The molecular weight excluding hydrogens is 286 g/mol. The molecule has 1 aromatic rings. The van der Waals surface area contributed by atoms with Gasteiger partial charge >= 0.3 is 0 Å². The summed E-state index contributed by atoms with van der Waals surface area (Å²) in [6.07, 6.45) is 8.10. The van der Waals surface area contributed by atoms with E-state index >= 15 is 0 Å². The number of hydrogen-bond donors (Lipinski definition) is 1. The van der Waals surface area contributed by atoms with E-state index < -0.39 is 0 Å². The third kappa shape index (κ3) is 2.50. The largest absolute Gasteiger partial charge is 0.307 e. The number of halogens is 1. The Morgan fingerprint density at radius 3 is 2.83 bits per heavy atom. The quantitative estimate of drug-likeness (QED) is 0.841. The molecule has 0 heterocycles. The average Bonchev–Trinajstić information content (AvgIpc) is 2.74. The summed E-state index contributed by atoms with van der Waals surface area (Å²) in [5.74, 6) is 0.846. The highest BCUT2D eigenvalue weighted by Gasteiger charge is 2.28. The smallest absolute Gasteiger partial charge is 0.0328 e. The summed E-state index contributed by atoms with van der Waals surface area (Å²) in [5.41, 5.74) is 3.07. The molecule has 2 aliphatic carbocycles. The molecule has 1 nitrogen and oxygen atoms in total. The van der Waals surface area contributed by atoms with Gasteiger partial charge in [-0.1, -0.05) is 41.8 Å². The van der Waals surface area contributed by atoms with Gasteiger partial charge in [0.05, 0.1) is 0 Å². The van der Waals surface area contributed by atoms with Gasteiger partial charge < -0.3 is 5.32 Å². The summed E-state index contributed by atoms with van der Waals surface area (Å²) in [6.45, 7) is 2.41. The maximum Gasteiger partial charge on any atom is 0.0328 e. The van der Waals surface area contributed by atoms with E-state index in [1.54, 1.807) is 0 Å². The minimum atomic E-state index is 0.596. The van der Waals surface area contributed by atoms with Gasteiger partial charge in [0.2, 0.25) is 0 Å². The van der Waals surface area contributed by atoms with Crippen LogP contribution >= 0.6 is 15.9 Å². The molecule has 0 saturated heterocycles. The predicted molar refractivity (Wildman–Crippen MR) is 79.8 cm³/mol. The summed E-state index contributed by atoms with van der Waals surface area (Å²) < 4.78 is 1.22. The molecule has 1 fully saturated rings. The molecule has 0 spiro atoms. The van der Waals surface area contributed by atoms with Crippen LogP contribution in [-0.2, 0) is 6.42 Å². The molecule has 3 unspecified atom stereocenters. The summed E-state index contributed by atoms with van der Waals surface area (Å²) in [4.78, 5) is 0. The first kappa shape index (κ1) is 12.7. The number of fused-ring (bicyclic) bond motifs is 1. The van der Waals surface area contributed by atoms with E-state index in [1.807, 2.05) is 0 Å². The molecule has 3 rings (SSSR count). The predicted octanol–water partition coefficient (Wildman–Crippen LogP) is 4.60. The zero-order chi connectivity index (χ0) is 12.5. The number of hydrogen-bond acceptors (Lipinski definition) is 1. The van der Waals surface area contributed by atoms with Crippen LogP contribution in [0.25, 0.3) is 0 Å². The Hall–Kier alpha value is -0.340. The first-order valence-electron chi connectivity index (χ1n) is 7.28.